The van der Waals surface area contributed by atoms with Crippen molar-refractivity contribution in [3.05, 3.63) is 35.4 Å². The van der Waals surface area contributed by atoms with E-state index >= 15 is 0 Å². The molecule has 1 aliphatic rings. The number of fused-ring (bicyclic) bond motifs is 1. The molecule has 2 N–H and O–H groups in total. The van der Waals surface area contributed by atoms with Crippen LogP contribution in [0.25, 0.3) is 0 Å². The highest BCUT2D eigenvalue weighted by Crippen LogP contribution is 2.32. The fourth-order valence-electron chi connectivity index (χ4n) is 2.08. The van der Waals surface area contributed by atoms with E-state index in [0.717, 1.165) is 6.42 Å². The first-order chi connectivity index (χ1) is 5.70. The smallest absolute Gasteiger partial charge is 0.0383 e. The molecule has 72 valence electrons. The SMILES string of the molecule is CC1(N)CCCc2ccccc21.Cl. The van der Waals surface area contributed by atoms with Crippen molar-refractivity contribution in [2.45, 2.75) is 31.7 Å². The van der Waals surface area contributed by atoms with Crippen LogP contribution in [0.5, 0.6) is 0 Å². The summed E-state index contributed by atoms with van der Waals surface area (Å²) >= 11 is 0. The highest BCUT2D eigenvalue weighted by molar-refractivity contribution is 5.85. The second-order valence-electron chi connectivity index (χ2n) is 3.93. The van der Waals surface area contributed by atoms with Gasteiger partial charge in [0.05, 0.1) is 0 Å². The lowest BCUT2D eigenvalue weighted by molar-refractivity contribution is 0.409. The summed E-state index contributed by atoms with van der Waals surface area (Å²) in [5.41, 5.74) is 8.88. The number of halogens is 1. The van der Waals surface area contributed by atoms with Crippen molar-refractivity contribution in [2.75, 3.05) is 0 Å². The fourth-order valence-corrected chi connectivity index (χ4v) is 2.08. The van der Waals surface area contributed by atoms with Gasteiger partial charge >= 0.3 is 0 Å². The van der Waals surface area contributed by atoms with Gasteiger partial charge in [-0.3, -0.25) is 0 Å². The van der Waals surface area contributed by atoms with E-state index in [-0.39, 0.29) is 17.9 Å². The molecule has 0 aliphatic heterocycles. The van der Waals surface area contributed by atoms with E-state index in [1.807, 2.05) is 0 Å². The van der Waals surface area contributed by atoms with E-state index in [1.165, 1.54) is 24.0 Å². The maximum Gasteiger partial charge on any atom is 0.0383 e. The van der Waals surface area contributed by atoms with Crippen molar-refractivity contribution < 1.29 is 0 Å². The third kappa shape index (κ3) is 1.87. The summed E-state index contributed by atoms with van der Waals surface area (Å²) < 4.78 is 0. The van der Waals surface area contributed by atoms with Crippen LogP contribution in [-0.4, -0.2) is 0 Å². The number of hydrogen-bond acceptors (Lipinski definition) is 1. The highest BCUT2D eigenvalue weighted by Gasteiger charge is 2.26. The minimum atomic E-state index is -0.0884. The second kappa shape index (κ2) is 3.69. The average molecular weight is 198 g/mol. The average Bonchev–Trinajstić information content (AvgIpc) is 2.04. The third-order valence-corrected chi connectivity index (χ3v) is 2.77. The van der Waals surface area contributed by atoms with E-state index in [0.29, 0.717) is 0 Å². The highest BCUT2D eigenvalue weighted by atomic mass is 35.5. The molecule has 0 saturated heterocycles. The molecule has 0 heterocycles. The van der Waals surface area contributed by atoms with E-state index in [9.17, 15) is 0 Å². The first kappa shape index (κ1) is 10.6. The van der Waals surface area contributed by atoms with Gasteiger partial charge in [-0.25, -0.2) is 0 Å². The number of aryl methyl sites for hydroxylation is 1. The minimum absolute atomic E-state index is 0. The van der Waals surface area contributed by atoms with Crippen molar-refractivity contribution in [2.24, 2.45) is 5.73 Å². The summed E-state index contributed by atoms with van der Waals surface area (Å²) in [6.07, 6.45) is 3.54. The topological polar surface area (TPSA) is 26.0 Å². The molecule has 0 saturated carbocycles. The van der Waals surface area contributed by atoms with Crippen LogP contribution in [0.1, 0.15) is 30.9 Å². The van der Waals surface area contributed by atoms with Crippen LogP contribution in [-0.2, 0) is 12.0 Å². The minimum Gasteiger partial charge on any atom is -0.322 e. The molecule has 1 nitrogen and oxygen atoms in total. The van der Waals surface area contributed by atoms with Gasteiger partial charge in [0.15, 0.2) is 0 Å². The Labute approximate surface area is 85.7 Å². The molecule has 2 heteroatoms. The first-order valence-electron chi connectivity index (χ1n) is 4.57. The van der Waals surface area contributed by atoms with Crippen molar-refractivity contribution >= 4 is 12.4 Å². The molecule has 13 heavy (non-hydrogen) atoms. The molecule has 1 aromatic rings. The number of hydrogen-bond donors (Lipinski definition) is 1. The first-order valence-corrected chi connectivity index (χ1v) is 4.57. The van der Waals surface area contributed by atoms with Crippen LogP contribution in [0.15, 0.2) is 24.3 Å². The monoisotopic (exact) mass is 197 g/mol. The molecular formula is C11H16ClN. The standard InChI is InChI=1S/C11H15N.ClH/c1-11(12)8-4-6-9-5-2-3-7-10(9)11;/h2-3,5,7H,4,6,8,12H2,1H3;1H. The molecule has 0 radical (unpaired) electrons. The summed E-state index contributed by atoms with van der Waals surface area (Å²) in [7, 11) is 0. The molecule has 1 aromatic carbocycles. The van der Waals surface area contributed by atoms with E-state index in [1.54, 1.807) is 0 Å². The Kier molecular flexibility index (Phi) is 2.99. The zero-order valence-electron chi connectivity index (χ0n) is 7.92. The summed E-state index contributed by atoms with van der Waals surface area (Å²) in [6.45, 7) is 2.13. The van der Waals surface area contributed by atoms with Gasteiger partial charge in [0, 0.05) is 5.54 Å². The van der Waals surface area contributed by atoms with Gasteiger partial charge in [0.25, 0.3) is 0 Å². The van der Waals surface area contributed by atoms with Crippen LogP contribution in [0.2, 0.25) is 0 Å². The van der Waals surface area contributed by atoms with Crippen LogP contribution < -0.4 is 5.73 Å². The molecule has 1 atom stereocenters. The Balaban J connectivity index is 0.000000845. The van der Waals surface area contributed by atoms with Gasteiger partial charge in [0.2, 0.25) is 0 Å². The van der Waals surface area contributed by atoms with Gasteiger partial charge in [-0.15, -0.1) is 12.4 Å². The van der Waals surface area contributed by atoms with Crippen molar-refractivity contribution in [1.29, 1.82) is 0 Å². The van der Waals surface area contributed by atoms with Crippen molar-refractivity contribution in [3.63, 3.8) is 0 Å². The quantitative estimate of drug-likeness (QED) is 0.680. The zero-order chi connectivity index (χ0) is 8.60. The second-order valence-corrected chi connectivity index (χ2v) is 3.93. The lowest BCUT2D eigenvalue weighted by Crippen LogP contribution is -2.36. The maximum atomic E-state index is 6.19. The van der Waals surface area contributed by atoms with Crippen molar-refractivity contribution in [1.82, 2.24) is 0 Å². The van der Waals surface area contributed by atoms with Gasteiger partial charge in [-0.2, -0.15) is 0 Å². The number of benzene rings is 1. The number of nitrogens with two attached hydrogens (primary N) is 1. The summed E-state index contributed by atoms with van der Waals surface area (Å²) in [6, 6.07) is 8.53. The molecule has 0 aromatic heterocycles. The van der Waals surface area contributed by atoms with Gasteiger partial charge in [-0.05, 0) is 37.3 Å². The van der Waals surface area contributed by atoms with Crippen molar-refractivity contribution in [3.8, 4) is 0 Å². The van der Waals surface area contributed by atoms with Crippen LogP contribution in [0.3, 0.4) is 0 Å². The lowest BCUT2D eigenvalue weighted by atomic mass is 9.79. The molecule has 1 aliphatic carbocycles. The molecule has 2 rings (SSSR count). The Morgan fingerprint density at radius 3 is 2.69 bits per heavy atom. The van der Waals surface area contributed by atoms with Gasteiger partial charge in [0.1, 0.15) is 0 Å². The predicted molar refractivity (Wildman–Crippen MR) is 58.2 cm³/mol. The molecule has 0 spiro atoms. The summed E-state index contributed by atoms with van der Waals surface area (Å²) in [4.78, 5) is 0. The molecule has 0 fully saturated rings. The Hall–Kier alpha value is -0.530. The predicted octanol–water partition coefficient (Wildman–Crippen LogP) is 2.62. The summed E-state index contributed by atoms with van der Waals surface area (Å²) in [5.74, 6) is 0. The Morgan fingerprint density at radius 2 is 2.00 bits per heavy atom. The third-order valence-electron chi connectivity index (χ3n) is 2.77. The molecule has 0 amide bonds. The zero-order valence-corrected chi connectivity index (χ0v) is 8.73. The molecule has 1 unspecified atom stereocenters. The fraction of sp³-hybridized carbons (Fsp3) is 0.455. The van der Waals surface area contributed by atoms with Gasteiger partial charge in [-0.1, -0.05) is 24.3 Å². The van der Waals surface area contributed by atoms with Crippen LogP contribution in [0, 0.1) is 0 Å². The lowest BCUT2D eigenvalue weighted by Gasteiger charge is -2.32. The molecule has 0 bridgehead atoms. The van der Waals surface area contributed by atoms with Crippen LogP contribution in [0.4, 0.5) is 0 Å². The van der Waals surface area contributed by atoms with E-state index in [2.05, 4.69) is 31.2 Å². The van der Waals surface area contributed by atoms with Gasteiger partial charge < -0.3 is 5.73 Å². The van der Waals surface area contributed by atoms with E-state index < -0.39 is 0 Å². The molecular weight excluding hydrogens is 182 g/mol. The van der Waals surface area contributed by atoms with E-state index in [4.69, 9.17) is 5.73 Å². The number of rotatable bonds is 0. The largest absolute Gasteiger partial charge is 0.322 e. The normalized spacial score (nSPS) is 26.0. The van der Waals surface area contributed by atoms with Crippen LogP contribution >= 0.6 is 12.4 Å². The Bertz CT molecular complexity index is 294. The maximum absolute atomic E-state index is 6.19. The summed E-state index contributed by atoms with van der Waals surface area (Å²) in [5, 5.41) is 0. The Morgan fingerprint density at radius 1 is 1.31 bits per heavy atom.